The number of nitrogens with zero attached hydrogens (tertiary/aromatic N) is 1. The van der Waals surface area contributed by atoms with E-state index in [1.54, 1.807) is 12.1 Å². The first kappa shape index (κ1) is 20.2. The zero-order valence-electron chi connectivity index (χ0n) is 15.0. The summed E-state index contributed by atoms with van der Waals surface area (Å²) >= 11 is 0. The molecule has 0 radical (unpaired) electrons. The quantitative estimate of drug-likeness (QED) is 0.365. The summed E-state index contributed by atoms with van der Waals surface area (Å²) in [6.45, 7) is 2.25. The van der Waals surface area contributed by atoms with Gasteiger partial charge in [0.15, 0.2) is 0 Å². The SMILES string of the molecule is CCCCCCCCCC=CC=CC[C@H](O)c1cccc(C#N)c1. The predicted octanol–water partition coefficient (Wildman–Crippen LogP) is 6.23. The first-order valence-corrected chi connectivity index (χ1v) is 9.27. The summed E-state index contributed by atoms with van der Waals surface area (Å²) in [5, 5.41) is 19.0. The van der Waals surface area contributed by atoms with Crippen molar-refractivity contribution in [2.24, 2.45) is 0 Å². The Kier molecular flexibility index (Phi) is 11.4. The molecule has 0 spiro atoms. The van der Waals surface area contributed by atoms with Crippen LogP contribution in [0.25, 0.3) is 0 Å². The van der Waals surface area contributed by atoms with Crippen molar-refractivity contribution in [2.45, 2.75) is 70.8 Å². The van der Waals surface area contributed by atoms with Crippen LogP contribution in [0.3, 0.4) is 0 Å². The third kappa shape index (κ3) is 9.33. The van der Waals surface area contributed by atoms with Crippen LogP contribution in [0, 0.1) is 11.3 Å². The van der Waals surface area contributed by atoms with Crippen molar-refractivity contribution in [3.63, 3.8) is 0 Å². The molecule has 1 rings (SSSR count). The smallest absolute Gasteiger partial charge is 0.0991 e. The highest BCUT2D eigenvalue weighted by Crippen LogP contribution is 2.18. The third-order valence-electron chi connectivity index (χ3n) is 4.12. The molecule has 0 aliphatic heterocycles. The molecule has 2 heteroatoms. The Balaban J connectivity index is 2.13. The van der Waals surface area contributed by atoms with Gasteiger partial charge in [0.05, 0.1) is 17.7 Å². The fraction of sp³-hybridized carbons (Fsp3) is 0.500. The Morgan fingerprint density at radius 2 is 1.75 bits per heavy atom. The molecule has 24 heavy (non-hydrogen) atoms. The maximum absolute atomic E-state index is 10.1. The van der Waals surface area contributed by atoms with E-state index in [0.29, 0.717) is 12.0 Å². The second-order valence-electron chi connectivity index (χ2n) is 6.26. The molecule has 0 heterocycles. The Bertz CT molecular complexity index is 539. The van der Waals surface area contributed by atoms with Crippen LogP contribution in [-0.4, -0.2) is 5.11 Å². The van der Waals surface area contributed by atoms with E-state index in [-0.39, 0.29) is 0 Å². The van der Waals surface area contributed by atoms with Gasteiger partial charge < -0.3 is 5.11 Å². The van der Waals surface area contributed by atoms with E-state index in [0.717, 1.165) is 12.0 Å². The highest BCUT2D eigenvalue weighted by molar-refractivity contribution is 5.33. The third-order valence-corrected chi connectivity index (χ3v) is 4.12. The van der Waals surface area contributed by atoms with E-state index >= 15 is 0 Å². The van der Waals surface area contributed by atoms with Gasteiger partial charge in [0.2, 0.25) is 0 Å². The molecule has 0 bridgehead atoms. The molecule has 1 aromatic rings. The van der Waals surface area contributed by atoms with Crippen molar-refractivity contribution >= 4 is 0 Å². The molecule has 0 amide bonds. The average Bonchev–Trinajstić information content (AvgIpc) is 2.62. The van der Waals surface area contributed by atoms with Crippen LogP contribution in [0.15, 0.2) is 48.6 Å². The van der Waals surface area contributed by atoms with Gasteiger partial charge in [-0.3, -0.25) is 0 Å². The lowest BCUT2D eigenvalue weighted by molar-refractivity contribution is 0.181. The summed E-state index contributed by atoms with van der Waals surface area (Å²) in [7, 11) is 0. The number of rotatable bonds is 12. The minimum absolute atomic E-state index is 0.550. The second-order valence-corrected chi connectivity index (χ2v) is 6.26. The fourth-order valence-electron chi connectivity index (χ4n) is 2.63. The van der Waals surface area contributed by atoms with Crippen LogP contribution in [0.1, 0.15) is 81.9 Å². The van der Waals surface area contributed by atoms with Crippen molar-refractivity contribution in [3.05, 3.63) is 59.7 Å². The normalized spacial score (nSPS) is 12.7. The van der Waals surface area contributed by atoms with Crippen molar-refractivity contribution in [3.8, 4) is 6.07 Å². The summed E-state index contributed by atoms with van der Waals surface area (Å²) in [5.74, 6) is 0. The van der Waals surface area contributed by atoms with Crippen molar-refractivity contribution in [2.75, 3.05) is 0 Å². The van der Waals surface area contributed by atoms with Crippen LogP contribution in [0.4, 0.5) is 0 Å². The number of nitriles is 1. The van der Waals surface area contributed by atoms with E-state index in [2.05, 4.69) is 25.1 Å². The number of hydrogen-bond donors (Lipinski definition) is 1. The maximum atomic E-state index is 10.1. The van der Waals surface area contributed by atoms with Crippen LogP contribution in [0.2, 0.25) is 0 Å². The Labute approximate surface area is 147 Å². The van der Waals surface area contributed by atoms with Gasteiger partial charge in [-0.25, -0.2) is 0 Å². The fourth-order valence-corrected chi connectivity index (χ4v) is 2.63. The van der Waals surface area contributed by atoms with E-state index in [4.69, 9.17) is 5.26 Å². The summed E-state index contributed by atoms with van der Waals surface area (Å²) in [6.07, 6.45) is 18.8. The highest BCUT2D eigenvalue weighted by Gasteiger charge is 2.05. The summed E-state index contributed by atoms with van der Waals surface area (Å²) in [4.78, 5) is 0. The van der Waals surface area contributed by atoms with Gasteiger partial charge in [-0.15, -0.1) is 0 Å². The van der Waals surface area contributed by atoms with Gasteiger partial charge in [-0.05, 0) is 37.0 Å². The van der Waals surface area contributed by atoms with Crippen molar-refractivity contribution in [1.82, 2.24) is 0 Å². The molecule has 0 aliphatic carbocycles. The first-order chi connectivity index (χ1) is 11.8. The van der Waals surface area contributed by atoms with Gasteiger partial charge in [0.25, 0.3) is 0 Å². The molecule has 0 saturated heterocycles. The Morgan fingerprint density at radius 3 is 2.50 bits per heavy atom. The van der Waals surface area contributed by atoms with Crippen LogP contribution in [0.5, 0.6) is 0 Å². The lowest BCUT2D eigenvalue weighted by Crippen LogP contribution is -1.95. The first-order valence-electron chi connectivity index (χ1n) is 9.27. The van der Waals surface area contributed by atoms with Gasteiger partial charge in [0, 0.05) is 0 Å². The summed E-state index contributed by atoms with van der Waals surface area (Å²) < 4.78 is 0. The van der Waals surface area contributed by atoms with E-state index in [1.165, 1.54) is 44.9 Å². The number of unbranched alkanes of at least 4 members (excludes halogenated alkanes) is 7. The number of hydrogen-bond acceptors (Lipinski definition) is 2. The highest BCUT2D eigenvalue weighted by atomic mass is 16.3. The molecular formula is C22H31NO. The van der Waals surface area contributed by atoms with Crippen molar-refractivity contribution in [1.29, 1.82) is 5.26 Å². The lowest BCUT2D eigenvalue weighted by atomic mass is 10.0. The molecule has 0 aliphatic rings. The monoisotopic (exact) mass is 325 g/mol. The van der Waals surface area contributed by atoms with Gasteiger partial charge in [0.1, 0.15) is 0 Å². The predicted molar refractivity (Wildman–Crippen MR) is 102 cm³/mol. The molecule has 1 N–H and O–H groups in total. The molecule has 1 aromatic carbocycles. The molecular weight excluding hydrogens is 294 g/mol. The molecule has 2 nitrogen and oxygen atoms in total. The lowest BCUT2D eigenvalue weighted by Gasteiger charge is -2.07. The Hall–Kier alpha value is -1.85. The van der Waals surface area contributed by atoms with Crippen LogP contribution < -0.4 is 0 Å². The summed E-state index contributed by atoms with van der Waals surface area (Å²) in [6, 6.07) is 9.26. The number of benzene rings is 1. The van der Waals surface area contributed by atoms with Crippen molar-refractivity contribution < 1.29 is 5.11 Å². The van der Waals surface area contributed by atoms with Gasteiger partial charge in [-0.2, -0.15) is 5.26 Å². The Morgan fingerprint density at radius 1 is 1.04 bits per heavy atom. The van der Waals surface area contributed by atoms with E-state index in [9.17, 15) is 5.11 Å². The molecule has 0 unspecified atom stereocenters. The van der Waals surface area contributed by atoms with Crippen LogP contribution in [-0.2, 0) is 0 Å². The molecule has 1 atom stereocenters. The minimum atomic E-state index is -0.550. The second kappa shape index (κ2) is 13.6. The van der Waals surface area contributed by atoms with Gasteiger partial charge in [-0.1, -0.05) is 81.9 Å². The largest absolute Gasteiger partial charge is 0.388 e. The number of aliphatic hydroxyl groups excluding tert-OH is 1. The molecule has 0 aromatic heterocycles. The zero-order chi connectivity index (χ0) is 17.5. The summed E-state index contributed by atoms with van der Waals surface area (Å²) in [5.41, 5.74) is 1.39. The van der Waals surface area contributed by atoms with Crippen LogP contribution >= 0.6 is 0 Å². The average molecular weight is 325 g/mol. The van der Waals surface area contributed by atoms with E-state index < -0.39 is 6.10 Å². The maximum Gasteiger partial charge on any atom is 0.0991 e. The number of aliphatic hydroxyl groups is 1. The topological polar surface area (TPSA) is 44.0 Å². The molecule has 130 valence electrons. The minimum Gasteiger partial charge on any atom is -0.388 e. The zero-order valence-corrected chi connectivity index (χ0v) is 15.0. The van der Waals surface area contributed by atoms with Gasteiger partial charge >= 0.3 is 0 Å². The molecule has 0 fully saturated rings. The number of allylic oxidation sites excluding steroid dienone is 3. The molecule has 0 saturated carbocycles. The van der Waals surface area contributed by atoms with E-state index in [1.807, 2.05) is 24.3 Å². The standard InChI is InChI=1S/C22H31NO/c1-2-3-4-5-6-7-8-9-10-11-12-13-17-22(24)21-16-14-15-20(18-21)19-23/h10-16,18,22,24H,2-9,17H2,1H3/t22-/m0/s1.